The van der Waals surface area contributed by atoms with E-state index in [-0.39, 0.29) is 17.1 Å². The number of halogens is 1. The minimum absolute atomic E-state index is 0.0580. The summed E-state index contributed by atoms with van der Waals surface area (Å²) < 4.78 is 40.9. The van der Waals surface area contributed by atoms with E-state index in [0.29, 0.717) is 43.9 Å². The van der Waals surface area contributed by atoms with Crippen molar-refractivity contribution in [3.63, 3.8) is 0 Å². The van der Waals surface area contributed by atoms with Gasteiger partial charge in [0.1, 0.15) is 6.33 Å². The van der Waals surface area contributed by atoms with E-state index in [1.807, 2.05) is 11.8 Å². The number of anilines is 1. The SMILES string of the molecule is CCc1ncnc(N2CCC(NS(=O)(=O)C3CC3)CC2)c1F. The van der Waals surface area contributed by atoms with Crippen molar-refractivity contribution in [3.05, 3.63) is 17.8 Å². The van der Waals surface area contributed by atoms with Crippen molar-refractivity contribution in [2.45, 2.75) is 50.3 Å². The highest BCUT2D eigenvalue weighted by Gasteiger charge is 2.37. The summed E-state index contributed by atoms with van der Waals surface area (Å²) in [7, 11) is -3.16. The largest absolute Gasteiger partial charge is 0.354 e. The second-order valence-corrected chi connectivity index (χ2v) is 7.93. The van der Waals surface area contributed by atoms with Crippen LogP contribution in [0.3, 0.4) is 0 Å². The summed E-state index contributed by atoms with van der Waals surface area (Å²) in [5.41, 5.74) is 0.418. The van der Waals surface area contributed by atoms with Crippen LogP contribution in [0.1, 0.15) is 38.3 Å². The van der Waals surface area contributed by atoms with Gasteiger partial charge in [0.15, 0.2) is 11.6 Å². The lowest BCUT2D eigenvalue weighted by Crippen LogP contribution is -2.46. The Labute approximate surface area is 130 Å². The van der Waals surface area contributed by atoms with Crippen LogP contribution in [-0.4, -0.2) is 42.8 Å². The molecule has 0 spiro atoms. The second kappa shape index (κ2) is 6.08. The fourth-order valence-corrected chi connectivity index (χ4v) is 4.43. The van der Waals surface area contributed by atoms with Crippen molar-refractivity contribution in [1.29, 1.82) is 0 Å². The molecule has 1 aromatic heterocycles. The van der Waals surface area contributed by atoms with Crippen molar-refractivity contribution in [2.75, 3.05) is 18.0 Å². The van der Waals surface area contributed by atoms with Crippen molar-refractivity contribution in [2.24, 2.45) is 0 Å². The third kappa shape index (κ3) is 3.22. The molecule has 1 saturated carbocycles. The molecule has 0 radical (unpaired) electrons. The summed E-state index contributed by atoms with van der Waals surface area (Å²) in [5, 5.41) is -0.197. The van der Waals surface area contributed by atoms with Gasteiger partial charge in [-0.2, -0.15) is 0 Å². The van der Waals surface area contributed by atoms with E-state index in [4.69, 9.17) is 0 Å². The molecule has 122 valence electrons. The number of nitrogens with one attached hydrogen (secondary N) is 1. The molecule has 2 aliphatic rings. The van der Waals surface area contributed by atoms with Gasteiger partial charge in [0, 0.05) is 19.1 Å². The molecule has 1 N–H and O–H groups in total. The topological polar surface area (TPSA) is 75.2 Å². The van der Waals surface area contributed by atoms with Crippen LogP contribution in [-0.2, 0) is 16.4 Å². The summed E-state index contributed by atoms with van der Waals surface area (Å²) in [6.45, 7) is 3.04. The van der Waals surface area contributed by atoms with Gasteiger partial charge >= 0.3 is 0 Å². The number of hydrogen-bond acceptors (Lipinski definition) is 5. The number of rotatable bonds is 5. The molecule has 1 aliphatic carbocycles. The smallest absolute Gasteiger partial charge is 0.214 e. The molecular weight excluding hydrogens is 307 g/mol. The Morgan fingerprint density at radius 2 is 1.95 bits per heavy atom. The van der Waals surface area contributed by atoms with E-state index in [0.717, 1.165) is 12.8 Å². The first-order chi connectivity index (χ1) is 10.5. The molecule has 8 heteroatoms. The highest BCUT2D eigenvalue weighted by molar-refractivity contribution is 7.90. The molecule has 1 aliphatic heterocycles. The van der Waals surface area contributed by atoms with Gasteiger partial charge < -0.3 is 4.90 Å². The van der Waals surface area contributed by atoms with Crippen LogP contribution in [0, 0.1) is 5.82 Å². The Morgan fingerprint density at radius 1 is 1.27 bits per heavy atom. The number of aryl methyl sites for hydroxylation is 1. The zero-order chi connectivity index (χ0) is 15.7. The summed E-state index contributed by atoms with van der Waals surface area (Å²) >= 11 is 0. The molecule has 3 rings (SSSR count). The first-order valence-corrected chi connectivity index (χ1v) is 9.31. The fraction of sp³-hybridized carbons (Fsp3) is 0.714. The Morgan fingerprint density at radius 3 is 2.55 bits per heavy atom. The van der Waals surface area contributed by atoms with E-state index in [1.54, 1.807) is 0 Å². The Kier molecular flexibility index (Phi) is 4.31. The maximum atomic E-state index is 14.3. The molecule has 1 aromatic rings. The summed E-state index contributed by atoms with van der Waals surface area (Å²) in [6.07, 6.45) is 4.77. The minimum atomic E-state index is -3.16. The van der Waals surface area contributed by atoms with Gasteiger partial charge in [-0.3, -0.25) is 0 Å². The summed E-state index contributed by atoms with van der Waals surface area (Å²) in [5.74, 6) is -0.0302. The van der Waals surface area contributed by atoms with Crippen LogP contribution >= 0.6 is 0 Å². The van der Waals surface area contributed by atoms with Crippen molar-refractivity contribution >= 4 is 15.8 Å². The van der Waals surface area contributed by atoms with Crippen molar-refractivity contribution < 1.29 is 12.8 Å². The molecular formula is C14H21FN4O2S. The Hall–Kier alpha value is -1.28. The first kappa shape index (κ1) is 15.6. The second-order valence-electron chi connectivity index (χ2n) is 5.94. The molecule has 1 saturated heterocycles. The zero-order valence-electron chi connectivity index (χ0n) is 12.6. The quantitative estimate of drug-likeness (QED) is 0.880. The molecule has 0 amide bonds. The van der Waals surface area contributed by atoms with Gasteiger partial charge in [0.25, 0.3) is 0 Å². The predicted molar refractivity (Wildman–Crippen MR) is 81.7 cm³/mol. The lowest BCUT2D eigenvalue weighted by Gasteiger charge is -2.33. The summed E-state index contributed by atoms with van der Waals surface area (Å²) in [6, 6.07) is -0.0580. The van der Waals surface area contributed by atoms with Crippen LogP contribution in [0.5, 0.6) is 0 Å². The lowest BCUT2D eigenvalue weighted by molar-refractivity contribution is 0.452. The average molecular weight is 328 g/mol. The molecule has 0 bridgehead atoms. The monoisotopic (exact) mass is 328 g/mol. The molecule has 6 nitrogen and oxygen atoms in total. The number of nitrogens with zero attached hydrogens (tertiary/aromatic N) is 3. The van der Waals surface area contributed by atoms with Crippen LogP contribution in [0.2, 0.25) is 0 Å². The number of sulfonamides is 1. The predicted octanol–water partition coefficient (Wildman–Crippen LogP) is 1.23. The van der Waals surface area contributed by atoms with Crippen LogP contribution in [0.25, 0.3) is 0 Å². The normalized spacial score (nSPS) is 20.4. The number of piperidine rings is 1. The molecule has 0 atom stereocenters. The Bertz CT molecular complexity index is 640. The third-order valence-electron chi connectivity index (χ3n) is 4.27. The van der Waals surface area contributed by atoms with E-state index >= 15 is 0 Å². The van der Waals surface area contributed by atoms with Crippen molar-refractivity contribution in [3.8, 4) is 0 Å². The van der Waals surface area contributed by atoms with E-state index in [9.17, 15) is 12.8 Å². The van der Waals surface area contributed by atoms with Gasteiger partial charge in [0.05, 0.1) is 10.9 Å². The molecule has 0 aromatic carbocycles. The number of hydrogen-bond donors (Lipinski definition) is 1. The van der Waals surface area contributed by atoms with Gasteiger partial charge in [-0.05, 0) is 32.1 Å². The minimum Gasteiger partial charge on any atom is -0.354 e. The zero-order valence-corrected chi connectivity index (χ0v) is 13.4. The van der Waals surface area contributed by atoms with Gasteiger partial charge in [0.2, 0.25) is 10.0 Å². The van der Waals surface area contributed by atoms with E-state index in [2.05, 4.69) is 14.7 Å². The van der Waals surface area contributed by atoms with Gasteiger partial charge in [-0.1, -0.05) is 6.92 Å². The number of aromatic nitrogens is 2. The highest BCUT2D eigenvalue weighted by atomic mass is 32.2. The van der Waals surface area contributed by atoms with Crippen molar-refractivity contribution in [1.82, 2.24) is 14.7 Å². The standard InChI is InChI=1S/C14H21FN4O2S/c1-2-12-13(15)14(17-9-16-12)19-7-5-10(6-8-19)18-22(20,21)11-3-4-11/h9-11,18H,2-8H2,1H3. The first-order valence-electron chi connectivity index (χ1n) is 7.76. The molecule has 2 fully saturated rings. The molecule has 0 unspecified atom stereocenters. The van der Waals surface area contributed by atoms with Crippen LogP contribution in [0.4, 0.5) is 10.2 Å². The Balaban J connectivity index is 1.62. The maximum absolute atomic E-state index is 14.3. The van der Waals surface area contributed by atoms with E-state index < -0.39 is 10.0 Å². The van der Waals surface area contributed by atoms with Crippen LogP contribution < -0.4 is 9.62 Å². The maximum Gasteiger partial charge on any atom is 0.214 e. The highest BCUT2D eigenvalue weighted by Crippen LogP contribution is 2.29. The summed E-state index contributed by atoms with van der Waals surface area (Å²) in [4.78, 5) is 9.86. The van der Waals surface area contributed by atoms with Gasteiger partial charge in [-0.15, -0.1) is 0 Å². The van der Waals surface area contributed by atoms with Crippen LogP contribution in [0.15, 0.2) is 6.33 Å². The molecule has 2 heterocycles. The van der Waals surface area contributed by atoms with E-state index in [1.165, 1.54) is 6.33 Å². The van der Waals surface area contributed by atoms with Gasteiger partial charge in [-0.25, -0.2) is 27.5 Å². The average Bonchev–Trinajstić information content (AvgIpc) is 3.33. The third-order valence-corrected chi connectivity index (χ3v) is 6.28. The lowest BCUT2D eigenvalue weighted by atomic mass is 10.1. The molecule has 22 heavy (non-hydrogen) atoms. The fourth-order valence-electron chi connectivity index (χ4n) is 2.78.